The third-order valence-electron chi connectivity index (χ3n) is 4.04. The largest absolute Gasteiger partial charge is 0.487 e. The summed E-state index contributed by atoms with van der Waals surface area (Å²) in [5.74, 6) is 6.96. The summed E-state index contributed by atoms with van der Waals surface area (Å²) in [6.07, 6.45) is 7.74. The first-order valence-electron chi connectivity index (χ1n) is 7.89. The average Bonchev–Trinajstić information content (AvgIpc) is 2.66. The Morgan fingerprint density at radius 1 is 1.24 bits per heavy atom. The number of allylic oxidation sites excluding steroid dienone is 3. The normalized spacial score (nSPS) is 20.3. The molecule has 3 heteroatoms. The highest BCUT2D eigenvalue weighted by Gasteiger charge is 2.35. The molecular formula is C18H28N2O. The summed E-state index contributed by atoms with van der Waals surface area (Å²) in [7, 11) is 0. The van der Waals surface area contributed by atoms with Crippen molar-refractivity contribution < 1.29 is 4.74 Å². The van der Waals surface area contributed by atoms with Crippen LogP contribution in [0.15, 0.2) is 24.0 Å². The first kappa shape index (κ1) is 16.1. The zero-order chi connectivity index (χ0) is 15.3. The van der Waals surface area contributed by atoms with E-state index in [4.69, 9.17) is 4.74 Å². The predicted octanol–water partition coefficient (Wildman–Crippen LogP) is 2.70. The van der Waals surface area contributed by atoms with Crippen LogP contribution in [0.2, 0.25) is 0 Å². The molecule has 1 aliphatic heterocycles. The van der Waals surface area contributed by atoms with E-state index in [-0.39, 0.29) is 11.1 Å². The maximum atomic E-state index is 6.21. The number of nitrogens with one attached hydrogen (secondary N) is 1. The zero-order valence-corrected chi connectivity index (χ0v) is 13.8. The molecule has 0 radical (unpaired) electrons. The molecule has 1 fully saturated rings. The van der Waals surface area contributed by atoms with Crippen LogP contribution in [0.3, 0.4) is 0 Å². The summed E-state index contributed by atoms with van der Waals surface area (Å²) in [5, 5.41) is 3.42. The van der Waals surface area contributed by atoms with Gasteiger partial charge in [-0.2, -0.15) is 0 Å². The van der Waals surface area contributed by atoms with Gasteiger partial charge in [0.1, 0.15) is 11.4 Å². The van der Waals surface area contributed by atoms with Crippen LogP contribution in [0.5, 0.6) is 0 Å². The van der Waals surface area contributed by atoms with E-state index in [2.05, 4.69) is 55.8 Å². The topological polar surface area (TPSA) is 24.5 Å². The molecule has 0 unspecified atom stereocenters. The Hall–Kier alpha value is -1.24. The summed E-state index contributed by atoms with van der Waals surface area (Å²) in [6, 6.07) is 0. The van der Waals surface area contributed by atoms with Crippen molar-refractivity contribution in [2.75, 3.05) is 26.2 Å². The molecule has 0 aromatic carbocycles. The Morgan fingerprint density at radius 2 is 1.95 bits per heavy atom. The minimum absolute atomic E-state index is 0.131. The van der Waals surface area contributed by atoms with Gasteiger partial charge in [-0.1, -0.05) is 17.9 Å². The Labute approximate surface area is 129 Å². The van der Waals surface area contributed by atoms with Crippen molar-refractivity contribution in [2.24, 2.45) is 0 Å². The van der Waals surface area contributed by atoms with E-state index in [1.165, 1.54) is 0 Å². The summed E-state index contributed by atoms with van der Waals surface area (Å²) in [5.41, 5.74) is -0.0805. The Kier molecular flexibility index (Phi) is 5.13. The second-order valence-corrected chi connectivity index (χ2v) is 7.06. The molecule has 116 valence electrons. The molecule has 0 spiro atoms. The van der Waals surface area contributed by atoms with Crippen molar-refractivity contribution in [3.05, 3.63) is 24.0 Å². The van der Waals surface area contributed by atoms with E-state index in [1.54, 1.807) is 0 Å². The SMILES string of the molecule is CC(C)(CC(C)(C)N1CCNCC1)OC1=CC#CCC=C1. The fourth-order valence-electron chi connectivity index (χ4n) is 3.31. The summed E-state index contributed by atoms with van der Waals surface area (Å²) < 4.78 is 6.21. The first-order chi connectivity index (χ1) is 9.89. The van der Waals surface area contributed by atoms with E-state index < -0.39 is 0 Å². The van der Waals surface area contributed by atoms with Crippen LogP contribution in [0, 0.1) is 11.8 Å². The van der Waals surface area contributed by atoms with Crippen molar-refractivity contribution in [3.63, 3.8) is 0 Å². The van der Waals surface area contributed by atoms with Crippen LogP contribution < -0.4 is 5.32 Å². The quantitative estimate of drug-likeness (QED) is 0.787. The Morgan fingerprint density at radius 3 is 2.67 bits per heavy atom. The average molecular weight is 288 g/mol. The highest BCUT2D eigenvalue weighted by molar-refractivity contribution is 5.29. The van der Waals surface area contributed by atoms with Crippen LogP contribution in [0.1, 0.15) is 40.5 Å². The minimum Gasteiger partial charge on any atom is -0.487 e. The van der Waals surface area contributed by atoms with E-state index in [1.807, 2.05) is 12.2 Å². The maximum absolute atomic E-state index is 6.21. The minimum atomic E-state index is -0.212. The lowest BCUT2D eigenvalue weighted by molar-refractivity contribution is -0.0218. The fourth-order valence-corrected chi connectivity index (χ4v) is 3.31. The van der Waals surface area contributed by atoms with Gasteiger partial charge in [-0.15, -0.1) is 0 Å². The zero-order valence-electron chi connectivity index (χ0n) is 13.8. The molecular weight excluding hydrogens is 260 g/mol. The van der Waals surface area contributed by atoms with Crippen LogP contribution >= 0.6 is 0 Å². The second-order valence-electron chi connectivity index (χ2n) is 7.06. The second kappa shape index (κ2) is 6.68. The molecule has 1 aliphatic carbocycles. The van der Waals surface area contributed by atoms with Crippen molar-refractivity contribution in [1.29, 1.82) is 0 Å². The lowest BCUT2D eigenvalue weighted by Gasteiger charge is -2.45. The monoisotopic (exact) mass is 288 g/mol. The number of rotatable bonds is 5. The molecule has 2 aliphatic rings. The lowest BCUT2D eigenvalue weighted by Crippen LogP contribution is -2.55. The number of piperazine rings is 1. The van der Waals surface area contributed by atoms with Crippen molar-refractivity contribution in [3.8, 4) is 11.8 Å². The van der Waals surface area contributed by atoms with Gasteiger partial charge in [0.05, 0.1) is 0 Å². The predicted molar refractivity (Wildman–Crippen MR) is 87.9 cm³/mol. The summed E-state index contributed by atoms with van der Waals surface area (Å²) in [6.45, 7) is 13.4. The van der Waals surface area contributed by atoms with Crippen LogP contribution in [-0.4, -0.2) is 42.2 Å². The standard InChI is InChI=1S/C18H28N2O/c1-17(2,20-13-11-19-12-14-20)15-18(3,4)21-16-9-7-5-6-8-10-16/h7,9-10,19H,5,11-15H2,1-4H3. The molecule has 1 heterocycles. The van der Waals surface area contributed by atoms with Gasteiger partial charge in [0.25, 0.3) is 0 Å². The van der Waals surface area contributed by atoms with Crippen molar-refractivity contribution >= 4 is 0 Å². The van der Waals surface area contributed by atoms with Crippen LogP contribution in [0.25, 0.3) is 0 Å². The van der Waals surface area contributed by atoms with E-state index in [0.29, 0.717) is 0 Å². The van der Waals surface area contributed by atoms with Crippen LogP contribution in [-0.2, 0) is 4.74 Å². The molecule has 3 nitrogen and oxygen atoms in total. The van der Waals surface area contributed by atoms with Gasteiger partial charge in [0, 0.05) is 50.6 Å². The van der Waals surface area contributed by atoms with Gasteiger partial charge in [-0.3, -0.25) is 4.90 Å². The molecule has 0 aromatic heterocycles. The highest BCUT2D eigenvalue weighted by Crippen LogP contribution is 2.30. The molecule has 0 aromatic rings. The third-order valence-corrected chi connectivity index (χ3v) is 4.04. The molecule has 0 bridgehead atoms. The van der Waals surface area contributed by atoms with Gasteiger partial charge in [-0.05, 0) is 33.8 Å². The molecule has 1 N–H and O–H groups in total. The van der Waals surface area contributed by atoms with Gasteiger partial charge in [0.15, 0.2) is 0 Å². The number of hydrogen-bond donors (Lipinski definition) is 1. The molecule has 0 atom stereocenters. The van der Waals surface area contributed by atoms with Crippen LogP contribution in [0.4, 0.5) is 0 Å². The summed E-state index contributed by atoms with van der Waals surface area (Å²) >= 11 is 0. The van der Waals surface area contributed by atoms with Gasteiger partial charge in [0.2, 0.25) is 0 Å². The fraction of sp³-hybridized carbons (Fsp3) is 0.667. The number of nitrogens with zero attached hydrogens (tertiary/aromatic N) is 1. The smallest absolute Gasteiger partial charge is 0.128 e. The maximum Gasteiger partial charge on any atom is 0.128 e. The molecule has 0 saturated carbocycles. The van der Waals surface area contributed by atoms with Crippen molar-refractivity contribution in [1.82, 2.24) is 10.2 Å². The number of hydrogen-bond acceptors (Lipinski definition) is 3. The molecule has 21 heavy (non-hydrogen) atoms. The van der Waals surface area contributed by atoms with E-state index >= 15 is 0 Å². The number of ether oxygens (including phenoxy) is 1. The Balaban J connectivity index is 1.99. The van der Waals surface area contributed by atoms with Crippen molar-refractivity contribution in [2.45, 2.75) is 51.7 Å². The molecule has 2 rings (SSSR count). The van der Waals surface area contributed by atoms with E-state index in [9.17, 15) is 0 Å². The molecule has 1 saturated heterocycles. The molecule has 0 amide bonds. The highest BCUT2D eigenvalue weighted by atomic mass is 16.5. The Bertz CT molecular complexity index is 471. The van der Waals surface area contributed by atoms with Gasteiger partial charge in [-0.25, -0.2) is 0 Å². The lowest BCUT2D eigenvalue weighted by atomic mass is 9.87. The van der Waals surface area contributed by atoms with E-state index in [0.717, 1.165) is 44.8 Å². The van der Waals surface area contributed by atoms with Gasteiger partial charge >= 0.3 is 0 Å². The summed E-state index contributed by atoms with van der Waals surface area (Å²) in [4.78, 5) is 2.56. The first-order valence-corrected chi connectivity index (χ1v) is 7.89. The van der Waals surface area contributed by atoms with Gasteiger partial charge < -0.3 is 10.1 Å². The third kappa shape index (κ3) is 4.91.